The maximum atomic E-state index is 11.5. The first-order valence-corrected chi connectivity index (χ1v) is 9.55. The predicted molar refractivity (Wildman–Crippen MR) is 90.7 cm³/mol. The highest BCUT2D eigenvalue weighted by molar-refractivity contribution is 5.75. The zero-order valence-electron chi connectivity index (χ0n) is 14.7. The van der Waals surface area contributed by atoms with Crippen LogP contribution in [0.3, 0.4) is 0 Å². The number of carbonyl (C=O) groups is 1. The molecule has 0 aliphatic carbocycles. The lowest BCUT2D eigenvalue weighted by Gasteiger charge is -2.11. The fourth-order valence-electron chi connectivity index (χ4n) is 3.30. The van der Waals surface area contributed by atoms with Gasteiger partial charge >= 0.3 is 5.97 Å². The first-order valence-electron chi connectivity index (χ1n) is 9.55. The van der Waals surface area contributed by atoms with E-state index in [4.69, 9.17) is 4.74 Å². The summed E-state index contributed by atoms with van der Waals surface area (Å²) in [5, 5.41) is 9.86. The summed E-state index contributed by atoms with van der Waals surface area (Å²) in [6, 6.07) is 0. The second-order valence-electron chi connectivity index (χ2n) is 6.92. The molecule has 3 nitrogen and oxygen atoms in total. The molecule has 0 saturated carbocycles. The maximum Gasteiger partial charge on any atom is 0.312 e. The SMILES string of the molecule is CCCCCCCCCCCCCC[C@H]1C(=O)O[C@@H](C)[C@H]1O. The van der Waals surface area contributed by atoms with Gasteiger partial charge in [0.25, 0.3) is 0 Å². The van der Waals surface area contributed by atoms with Crippen molar-refractivity contribution in [1.82, 2.24) is 0 Å². The third kappa shape index (κ3) is 7.62. The Labute approximate surface area is 136 Å². The molecule has 1 heterocycles. The minimum absolute atomic E-state index is 0.205. The number of hydrogen-bond acceptors (Lipinski definition) is 3. The molecule has 130 valence electrons. The molecule has 1 N–H and O–H groups in total. The quantitative estimate of drug-likeness (QED) is 0.384. The lowest BCUT2D eigenvalue weighted by atomic mass is 9.95. The minimum atomic E-state index is -0.597. The Hall–Kier alpha value is -0.570. The van der Waals surface area contributed by atoms with Crippen LogP contribution in [0.2, 0.25) is 0 Å². The van der Waals surface area contributed by atoms with Gasteiger partial charge in [0.15, 0.2) is 0 Å². The van der Waals surface area contributed by atoms with E-state index in [9.17, 15) is 9.90 Å². The third-order valence-electron chi connectivity index (χ3n) is 4.87. The van der Waals surface area contributed by atoms with Crippen LogP contribution in [-0.2, 0) is 9.53 Å². The predicted octanol–water partition coefficient (Wildman–Crippen LogP) is 5.00. The lowest BCUT2D eigenvalue weighted by molar-refractivity contribution is -0.143. The van der Waals surface area contributed by atoms with Gasteiger partial charge < -0.3 is 9.84 Å². The van der Waals surface area contributed by atoms with Gasteiger partial charge in [-0.1, -0.05) is 84.0 Å². The number of aliphatic hydroxyl groups excluding tert-OH is 1. The van der Waals surface area contributed by atoms with Crippen molar-refractivity contribution in [2.45, 2.75) is 110 Å². The number of ether oxygens (including phenoxy) is 1. The molecule has 0 radical (unpaired) electrons. The molecule has 0 spiro atoms. The molecule has 22 heavy (non-hydrogen) atoms. The Morgan fingerprint density at radius 3 is 1.73 bits per heavy atom. The van der Waals surface area contributed by atoms with Crippen LogP contribution in [0.4, 0.5) is 0 Å². The second kappa shape index (κ2) is 11.9. The van der Waals surface area contributed by atoms with Gasteiger partial charge in [0.05, 0.1) is 5.92 Å². The monoisotopic (exact) mass is 312 g/mol. The van der Waals surface area contributed by atoms with Crippen molar-refractivity contribution in [2.24, 2.45) is 5.92 Å². The highest BCUT2D eigenvalue weighted by Crippen LogP contribution is 2.26. The molecular weight excluding hydrogens is 276 g/mol. The standard InChI is InChI=1S/C19H36O3/c1-3-4-5-6-7-8-9-10-11-12-13-14-15-17-18(20)16(2)22-19(17)21/h16-18,20H,3-15H2,1-2H3/t16-,17+,18+/m0/s1. The third-order valence-corrected chi connectivity index (χ3v) is 4.87. The Morgan fingerprint density at radius 2 is 1.32 bits per heavy atom. The van der Waals surface area contributed by atoms with Crippen LogP contribution in [0.25, 0.3) is 0 Å². The van der Waals surface area contributed by atoms with Crippen LogP contribution < -0.4 is 0 Å². The van der Waals surface area contributed by atoms with E-state index in [1.165, 1.54) is 70.6 Å². The first kappa shape index (κ1) is 19.5. The van der Waals surface area contributed by atoms with E-state index in [-0.39, 0.29) is 18.0 Å². The molecule has 1 fully saturated rings. The summed E-state index contributed by atoms with van der Waals surface area (Å²) in [5.41, 5.74) is 0. The molecule has 0 amide bonds. The number of cyclic esters (lactones) is 1. The van der Waals surface area contributed by atoms with Crippen LogP contribution in [0, 0.1) is 5.92 Å². The topological polar surface area (TPSA) is 46.5 Å². The molecule has 3 heteroatoms. The molecule has 0 aromatic heterocycles. The number of carbonyl (C=O) groups excluding carboxylic acids is 1. The molecule has 0 aromatic carbocycles. The van der Waals surface area contributed by atoms with E-state index in [0.29, 0.717) is 0 Å². The average molecular weight is 312 g/mol. The second-order valence-corrected chi connectivity index (χ2v) is 6.92. The molecular formula is C19H36O3. The molecule has 0 bridgehead atoms. The normalized spacial score (nSPS) is 24.7. The van der Waals surface area contributed by atoms with Crippen molar-refractivity contribution in [3.8, 4) is 0 Å². The minimum Gasteiger partial charge on any atom is -0.460 e. The highest BCUT2D eigenvalue weighted by atomic mass is 16.6. The van der Waals surface area contributed by atoms with Crippen LogP contribution in [0.5, 0.6) is 0 Å². The molecule has 3 atom stereocenters. The summed E-state index contributed by atoms with van der Waals surface area (Å²) in [4.78, 5) is 11.5. The van der Waals surface area contributed by atoms with Gasteiger partial charge in [-0.05, 0) is 13.3 Å². The summed E-state index contributed by atoms with van der Waals surface area (Å²) in [6.07, 6.45) is 15.7. The van der Waals surface area contributed by atoms with Gasteiger partial charge in [-0.2, -0.15) is 0 Å². The Balaban J connectivity index is 1.85. The fraction of sp³-hybridized carbons (Fsp3) is 0.947. The van der Waals surface area contributed by atoms with Crippen molar-refractivity contribution in [3.63, 3.8) is 0 Å². The van der Waals surface area contributed by atoms with Crippen molar-refractivity contribution in [1.29, 1.82) is 0 Å². The van der Waals surface area contributed by atoms with Crippen molar-refractivity contribution in [2.75, 3.05) is 0 Å². The summed E-state index contributed by atoms with van der Waals surface area (Å²) in [7, 11) is 0. The lowest BCUT2D eigenvalue weighted by Crippen LogP contribution is -2.24. The van der Waals surface area contributed by atoms with E-state index in [1.807, 2.05) is 0 Å². The van der Waals surface area contributed by atoms with Gasteiger partial charge in [0, 0.05) is 0 Å². The van der Waals surface area contributed by atoms with Gasteiger partial charge in [0.1, 0.15) is 12.2 Å². The summed E-state index contributed by atoms with van der Waals surface area (Å²) in [5.74, 6) is -0.485. The molecule has 1 aliphatic rings. The highest BCUT2D eigenvalue weighted by Gasteiger charge is 2.40. The number of esters is 1. The Morgan fingerprint density at radius 1 is 0.864 bits per heavy atom. The van der Waals surface area contributed by atoms with Gasteiger partial charge in [0.2, 0.25) is 0 Å². The molecule has 0 aromatic rings. The Bertz CT molecular complexity index is 290. The van der Waals surface area contributed by atoms with Crippen molar-refractivity contribution >= 4 is 5.97 Å². The maximum absolute atomic E-state index is 11.5. The summed E-state index contributed by atoms with van der Waals surface area (Å²) in [6.45, 7) is 4.03. The van der Waals surface area contributed by atoms with Crippen molar-refractivity contribution in [3.05, 3.63) is 0 Å². The molecule has 1 saturated heterocycles. The molecule has 0 unspecified atom stereocenters. The van der Waals surface area contributed by atoms with Gasteiger partial charge in [-0.25, -0.2) is 0 Å². The van der Waals surface area contributed by atoms with E-state index in [1.54, 1.807) is 6.92 Å². The van der Waals surface area contributed by atoms with E-state index < -0.39 is 6.10 Å². The van der Waals surface area contributed by atoms with Gasteiger partial charge in [-0.3, -0.25) is 4.79 Å². The van der Waals surface area contributed by atoms with Crippen LogP contribution in [0.15, 0.2) is 0 Å². The smallest absolute Gasteiger partial charge is 0.312 e. The van der Waals surface area contributed by atoms with Crippen LogP contribution in [0.1, 0.15) is 97.3 Å². The molecule has 1 rings (SSSR count). The van der Waals surface area contributed by atoms with Crippen LogP contribution >= 0.6 is 0 Å². The number of aliphatic hydroxyl groups is 1. The molecule has 1 aliphatic heterocycles. The Kier molecular flexibility index (Phi) is 10.6. The average Bonchev–Trinajstić information content (AvgIpc) is 2.74. The summed E-state index contributed by atoms with van der Waals surface area (Å²) < 4.78 is 5.05. The van der Waals surface area contributed by atoms with Crippen LogP contribution in [-0.4, -0.2) is 23.3 Å². The zero-order chi connectivity index (χ0) is 16.2. The number of hydrogen-bond donors (Lipinski definition) is 1. The van der Waals surface area contributed by atoms with E-state index in [2.05, 4.69) is 6.92 Å². The van der Waals surface area contributed by atoms with E-state index >= 15 is 0 Å². The van der Waals surface area contributed by atoms with Crippen molar-refractivity contribution < 1.29 is 14.6 Å². The van der Waals surface area contributed by atoms with Gasteiger partial charge in [-0.15, -0.1) is 0 Å². The summed E-state index contributed by atoms with van der Waals surface area (Å²) >= 11 is 0. The first-order chi connectivity index (χ1) is 10.7. The fourth-order valence-corrected chi connectivity index (χ4v) is 3.30. The van der Waals surface area contributed by atoms with E-state index in [0.717, 1.165) is 12.8 Å². The zero-order valence-corrected chi connectivity index (χ0v) is 14.7. The number of unbranched alkanes of at least 4 members (excludes halogenated alkanes) is 11. The number of rotatable bonds is 13. The largest absolute Gasteiger partial charge is 0.460 e.